The van der Waals surface area contributed by atoms with Crippen LogP contribution in [0.3, 0.4) is 0 Å². The second-order valence-corrected chi connectivity index (χ2v) is 7.88. The lowest BCUT2D eigenvalue weighted by molar-refractivity contribution is -0.115. The van der Waals surface area contributed by atoms with Crippen molar-refractivity contribution in [2.75, 3.05) is 5.32 Å². The van der Waals surface area contributed by atoms with E-state index in [4.69, 9.17) is 8.94 Å². The first kappa shape index (κ1) is 22.0. The zero-order valence-corrected chi connectivity index (χ0v) is 19.2. The van der Waals surface area contributed by atoms with Gasteiger partial charge in [0.05, 0.1) is 17.8 Å². The van der Waals surface area contributed by atoms with Crippen LogP contribution in [0.1, 0.15) is 17.4 Å². The number of aromatic nitrogens is 6. The molecule has 5 rings (SSSR count). The van der Waals surface area contributed by atoms with Crippen LogP contribution in [0.2, 0.25) is 0 Å². The number of anilines is 1. The number of hydrogen-bond donors (Lipinski definition) is 1. The molecule has 0 atom stereocenters. The molecule has 3 heterocycles. The van der Waals surface area contributed by atoms with E-state index in [2.05, 4.69) is 25.7 Å². The van der Waals surface area contributed by atoms with Crippen LogP contribution in [-0.2, 0) is 18.3 Å². The molecule has 176 valence electrons. The van der Waals surface area contributed by atoms with Crippen LogP contribution < -0.4 is 10.9 Å². The maximum Gasteiger partial charge on any atom is 0.295 e. The smallest absolute Gasteiger partial charge is 0.295 e. The Morgan fingerprint density at radius 3 is 2.46 bits per heavy atom. The summed E-state index contributed by atoms with van der Waals surface area (Å²) >= 11 is 0. The van der Waals surface area contributed by atoms with Crippen LogP contribution in [0, 0.1) is 13.8 Å². The van der Waals surface area contributed by atoms with Gasteiger partial charge in [0.25, 0.3) is 11.4 Å². The quantitative estimate of drug-likeness (QED) is 0.399. The molecule has 0 aliphatic carbocycles. The molecule has 0 unspecified atom stereocenters. The monoisotopic (exact) mass is 471 g/mol. The Labute approximate surface area is 199 Å². The zero-order valence-electron chi connectivity index (χ0n) is 19.2. The third kappa shape index (κ3) is 4.26. The Bertz CT molecular complexity index is 1580. The number of benzene rings is 2. The van der Waals surface area contributed by atoms with Gasteiger partial charge in [0.15, 0.2) is 5.82 Å². The first-order chi connectivity index (χ1) is 16.9. The average molecular weight is 471 g/mol. The number of aryl methyl sites for hydroxylation is 1. The molecule has 0 saturated heterocycles. The molecule has 0 aliphatic heterocycles. The molecule has 11 nitrogen and oxygen atoms in total. The van der Waals surface area contributed by atoms with E-state index in [1.54, 1.807) is 43.8 Å². The van der Waals surface area contributed by atoms with Crippen molar-refractivity contribution in [2.24, 2.45) is 7.05 Å². The molecule has 11 heteroatoms. The minimum atomic E-state index is -0.432. The van der Waals surface area contributed by atoms with Crippen molar-refractivity contribution in [3.05, 3.63) is 82.4 Å². The second kappa shape index (κ2) is 8.86. The molecule has 2 aromatic carbocycles. The van der Waals surface area contributed by atoms with E-state index in [-0.39, 0.29) is 29.4 Å². The van der Waals surface area contributed by atoms with Gasteiger partial charge in [-0.1, -0.05) is 29.4 Å². The van der Waals surface area contributed by atoms with E-state index >= 15 is 0 Å². The Balaban J connectivity index is 1.33. The molecule has 0 bridgehead atoms. The molecule has 0 saturated carbocycles. The minimum Gasteiger partial charge on any atom is -0.421 e. The van der Waals surface area contributed by atoms with Gasteiger partial charge in [-0.05, 0) is 37.3 Å². The molecular weight excluding hydrogens is 450 g/mol. The summed E-state index contributed by atoms with van der Waals surface area (Å²) in [6, 6.07) is 16.4. The Morgan fingerprint density at radius 2 is 1.74 bits per heavy atom. The highest BCUT2D eigenvalue weighted by Gasteiger charge is 2.20. The first-order valence-electron chi connectivity index (χ1n) is 10.8. The Hall–Kier alpha value is -4.80. The normalized spacial score (nSPS) is 11.1. The maximum absolute atomic E-state index is 13.0. The lowest BCUT2D eigenvalue weighted by Crippen LogP contribution is -2.23. The summed E-state index contributed by atoms with van der Waals surface area (Å²) in [4.78, 5) is 30.0. The van der Waals surface area contributed by atoms with Crippen molar-refractivity contribution in [3.8, 4) is 28.6 Å². The van der Waals surface area contributed by atoms with Crippen molar-refractivity contribution >= 4 is 11.6 Å². The molecular formula is C24H21N7O4. The minimum absolute atomic E-state index is 0.162. The highest BCUT2D eigenvalue weighted by atomic mass is 16.5. The Kier molecular flexibility index (Phi) is 5.57. The first-order valence-corrected chi connectivity index (χ1v) is 10.8. The van der Waals surface area contributed by atoms with Crippen LogP contribution in [0.5, 0.6) is 0 Å². The summed E-state index contributed by atoms with van der Waals surface area (Å²) < 4.78 is 14.0. The number of para-hydroxylation sites is 1. The number of carbonyl (C=O) groups is 1. The van der Waals surface area contributed by atoms with E-state index in [1.165, 1.54) is 4.68 Å². The van der Waals surface area contributed by atoms with Crippen LogP contribution in [0.15, 0.2) is 68.3 Å². The third-order valence-corrected chi connectivity index (χ3v) is 5.49. The van der Waals surface area contributed by atoms with Gasteiger partial charge in [-0.15, -0.1) is 10.2 Å². The summed E-state index contributed by atoms with van der Waals surface area (Å²) in [6.45, 7) is 3.48. The SMILES string of the molecule is Cc1nnc(-c2cccc(-c3nc(CC(=O)Nc4c(C)n(C)n(-c5ccccc5)c4=O)no3)c2)o1. The van der Waals surface area contributed by atoms with E-state index < -0.39 is 5.91 Å². The van der Waals surface area contributed by atoms with Gasteiger partial charge in [0.2, 0.25) is 17.7 Å². The molecule has 0 fully saturated rings. The van der Waals surface area contributed by atoms with E-state index in [0.29, 0.717) is 34.3 Å². The molecule has 3 aromatic heterocycles. The average Bonchev–Trinajstić information content (AvgIpc) is 3.56. The van der Waals surface area contributed by atoms with Gasteiger partial charge in [-0.2, -0.15) is 4.98 Å². The fourth-order valence-corrected chi connectivity index (χ4v) is 3.68. The molecule has 0 spiro atoms. The van der Waals surface area contributed by atoms with Gasteiger partial charge in [0, 0.05) is 25.1 Å². The third-order valence-electron chi connectivity index (χ3n) is 5.49. The summed E-state index contributed by atoms with van der Waals surface area (Å²) in [5.41, 5.74) is 2.54. The number of nitrogens with one attached hydrogen (secondary N) is 1. The van der Waals surface area contributed by atoms with Gasteiger partial charge in [-0.25, -0.2) is 4.68 Å². The van der Waals surface area contributed by atoms with E-state index in [9.17, 15) is 9.59 Å². The standard InChI is InChI=1S/C24H21N7O4/c1-14-21(24(33)31(30(14)3)18-10-5-4-6-11-18)26-20(32)13-19-25-22(35-29-19)16-8-7-9-17(12-16)23-28-27-15(2)34-23/h4-12H,13H2,1-3H3,(H,26,32). The highest BCUT2D eigenvalue weighted by molar-refractivity contribution is 5.92. The van der Waals surface area contributed by atoms with Crippen molar-refractivity contribution in [3.63, 3.8) is 0 Å². The topological polar surface area (TPSA) is 134 Å². The molecule has 1 amide bonds. The predicted octanol–water partition coefficient (Wildman–Crippen LogP) is 3.07. The summed E-state index contributed by atoms with van der Waals surface area (Å²) in [5, 5.41) is 14.5. The van der Waals surface area contributed by atoms with Gasteiger partial charge in [-0.3, -0.25) is 14.3 Å². The van der Waals surface area contributed by atoms with E-state index in [0.717, 1.165) is 0 Å². The Morgan fingerprint density at radius 1 is 1.00 bits per heavy atom. The highest BCUT2D eigenvalue weighted by Crippen LogP contribution is 2.24. The number of nitrogens with zero attached hydrogens (tertiary/aromatic N) is 6. The van der Waals surface area contributed by atoms with Crippen LogP contribution >= 0.6 is 0 Å². The van der Waals surface area contributed by atoms with Crippen molar-refractivity contribution in [2.45, 2.75) is 20.3 Å². The van der Waals surface area contributed by atoms with Crippen LogP contribution in [0.4, 0.5) is 5.69 Å². The summed E-state index contributed by atoms with van der Waals surface area (Å²) in [6.07, 6.45) is -0.162. The number of amides is 1. The largest absolute Gasteiger partial charge is 0.421 e. The molecule has 5 aromatic rings. The zero-order chi connectivity index (χ0) is 24.5. The van der Waals surface area contributed by atoms with Crippen molar-refractivity contribution < 1.29 is 13.7 Å². The van der Waals surface area contributed by atoms with E-state index in [1.807, 2.05) is 36.4 Å². The number of hydrogen-bond acceptors (Lipinski definition) is 8. The molecule has 0 radical (unpaired) electrons. The molecule has 0 aliphatic rings. The van der Waals surface area contributed by atoms with Crippen molar-refractivity contribution in [1.82, 2.24) is 29.7 Å². The summed E-state index contributed by atoms with van der Waals surface area (Å²) in [7, 11) is 1.76. The summed E-state index contributed by atoms with van der Waals surface area (Å²) in [5.74, 6) is 0.837. The maximum atomic E-state index is 13.0. The van der Waals surface area contributed by atoms with Gasteiger partial charge >= 0.3 is 0 Å². The number of carbonyl (C=O) groups excluding carboxylic acids is 1. The predicted molar refractivity (Wildman–Crippen MR) is 126 cm³/mol. The van der Waals surface area contributed by atoms with Crippen molar-refractivity contribution in [1.29, 1.82) is 0 Å². The van der Waals surface area contributed by atoms with Gasteiger partial charge < -0.3 is 14.3 Å². The van der Waals surface area contributed by atoms with Gasteiger partial charge in [0.1, 0.15) is 5.69 Å². The molecule has 1 N–H and O–H groups in total. The fourth-order valence-electron chi connectivity index (χ4n) is 3.68. The lowest BCUT2D eigenvalue weighted by atomic mass is 10.1. The van der Waals surface area contributed by atoms with Crippen LogP contribution in [0.25, 0.3) is 28.6 Å². The number of rotatable bonds is 6. The fraction of sp³-hybridized carbons (Fsp3) is 0.167. The van der Waals surface area contributed by atoms with Crippen LogP contribution in [-0.4, -0.2) is 35.6 Å². The lowest BCUT2D eigenvalue weighted by Gasteiger charge is -2.07. The second-order valence-electron chi connectivity index (χ2n) is 7.88. The molecule has 35 heavy (non-hydrogen) atoms.